The van der Waals surface area contributed by atoms with Gasteiger partial charge in [-0.1, -0.05) is 0 Å². The molecule has 1 heterocycles. The summed E-state index contributed by atoms with van der Waals surface area (Å²) in [5.74, 6) is -1.17. The molecule has 0 atom stereocenters. The first kappa shape index (κ1) is 17.3. The predicted octanol–water partition coefficient (Wildman–Crippen LogP) is 2.84. The summed E-state index contributed by atoms with van der Waals surface area (Å²) in [6.07, 6.45) is -0.663. The van der Waals surface area contributed by atoms with E-state index >= 15 is 0 Å². The second-order valence-corrected chi connectivity index (χ2v) is 6.20. The van der Waals surface area contributed by atoms with Gasteiger partial charge in [0.1, 0.15) is 17.0 Å². The van der Waals surface area contributed by atoms with Crippen LogP contribution in [0.5, 0.6) is 5.75 Å². The van der Waals surface area contributed by atoms with Crippen molar-refractivity contribution in [2.45, 2.75) is 26.4 Å². The highest BCUT2D eigenvalue weighted by atomic mass is 16.6. The normalized spacial score (nSPS) is 11.2. The lowest BCUT2D eigenvalue weighted by molar-refractivity contribution is 0.0633. The summed E-state index contributed by atoms with van der Waals surface area (Å²) >= 11 is 0. The maximum absolute atomic E-state index is 12.0. The molecule has 24 heavy (non-hydrogen) atoms. The monoisotopic (exact) mass is 333 g/mol. The highest BCUT2D eigenvalue weighted by Crippen LogP contribution is 2.31. The highest BCUT2D eigenvalue weighted by molar-refractivity contribution is 5.93. The zero-order chi connectivity index (χ0) is 18.1. The third-order valence-corrected chi connectivity index (χ3v) is 3.01. The van der Waals surface area contributed by atoms with Gasteiger partial charge in [-0.2, -0.15) is 5.10 Å². The van der Waals surface area contributed by atoms with Crippen molar-refractivity contribution >= 4 is 17.7 Å². The molecule has 0 fully saturated rings. The number of nitrogens with one attached hydrogen (secondary N) is 1. The Balaban J connectivity index is 2.40. The number of amides is 1. The molecule has 0 aliphatic rings. The Labute approximate surface area is 138 Å². The van der Waals surface area contributed by atoms with Crippen molar-refractivity contribution in [1.29, 1.82) is 0 Å². The molecule has 3 N–H and O–H groups in total. The van der Waals surface area contributed by atoms with Crippen molar-refractivity contribution in [3.8, 4) is 17.0 Å². The molecule has 1 aromatic carbocycles. The predicted molar refractivity (Wildman–Crippen MR) is 87.1 cm³/mol. The molecule has 0 aliphatic carbocycles. The lowest BCUT2D eigenvalue weighted by atomic mass is 10.1. The Bertz CT molecular complexity index is 789. The minimum Gasteiger partial charge on any atom is -0.508 e. The lowest BCUT2D eigenvalue weighted by Gasteiger charge is -2.20. The Hall–Kier alpha value is -3.03. The number of aromatic hydroxyl groups is 1. The number of carboxylic acids is 1. The Morgan fingerprint density at radius 2 is 1.92 bits per heavy atom. The van der Waals surface area contributed by atoms with Gasteiger partial charge in [0.05, 0.1) is 11.4 Å². The van der Waals surface area contributed by atoms with Crippen molar-refractivity contribution in [3.63, 3.8) is 0 Å². The van der Waals surface area contributed by atoms with Gasteiger partial charge in [0.2, 0.25) is 0 Å². The minimum absolute atomic E-state index is 0.0171. The molecular formula is C16H19N3O5. The van der Waals surface area contributed by atoms with Crippen molar-refractivity contribution in [2.24, 2.45) is 7.05 Å². The number of rotatable bonds is 3. The zero-order valence-electron chi connectivity index (χ0n) is 13.8. The average molecular weight is 333 g/mol. The van der Waals surface area contributed by atoms with E-state index in [2.05, 4.69) is 10.4 Å². The number of phenols is 1. The topological polar surface area (TPSA) is 114 Å². The zero-order valence-corrected chi connectivity index (χ0v) is 13.8. The molecule has 0 bridgehead atoms. The van der Waals surface area contributed by atoms with Gasteiger partial charge in [-0.3, -0.25) is 10.00 Å². The maximum atomic E-state index is 12.0. The van der Waals surface area contributed by atoms with Gasteiger partial charge in [-0.15, -0.1) is 0 Å². The third-order valence-electron chi connectivity index (χ3n) is 3.01. The molecule has 1 amide bonds. The molecule has 1 aromatic heterocycles. The van der Waals surface area contributed by atoms with Crippen LogP contribution in [-0.4, -0.2) is 37.7 Å². The van der Waals surface area contributed by atoms with E-state index in [1.165, 1.54) is 36.0 Å². The molecule has 0 radical (unpaired) electrons. The summed E-state index contributed by atoms with van der Waals surface area (Å²) in [5, 5.41) is 25.5. The molecule has 0 aliphatic heterocycles. The summed E-state index contributed by atoms with van der Waals surface area (Å²) in [4.78, 5) is 23.1. The van der Waals surface area contributed by atoms with E-state index in [9.17, 15) is 14.7 Å². The number of hydrogen-bond donors (Lipinski definition) is 3. The van der Waals surface area contributed by atoms with Gasteiger partial charge in [-0.05, 0) is 45.0 Å². The first-order valence-electron chi connectivity index (χ1n) is 7.17. The summed E-state index contributed by atoms with van der Waals surface area (Å²) < 4.78 is 6.40. The van der Waals surface area contributed by atoms with Crippen LogP contribution in [0.4, 0.5) is 10.5 Å². The SMILES string of the molecule is Cn1nc(-c2cc(O)ccc2NC(=O)OC(C)(C)C)cc1C(=O)O. The molecule has 8 nitrogen and oxygen atoms in total. The number of carbonyl (C=O) groups is 2. The molecule has 0 saturated carbocycles. The number of ether oxygens (including phenoxy) is 1. The number of hydrogen-bond acceptors (Lipinski definition) is 5. The second kappa shape index (κ2) is 6.23. The molecule has 128 valence electrons. The van der Waals surface area contributed by atoms with Gasteiger partial charge < -0.3 is 14.9 Å². The van der Waals surface area contributed by atoms with E-state index in [4.69, 9.17) is 9.84 Å². The third kappa shape index (κ3) is 4.03. The van der Waals surface area contributed by atoms with Crippen LogP contribution in [0.25, 0.3) is 11.3 Å². The smallest absolute Gasteiger partial charge is 0.412 e. The number of benzene rings is 1. The van der Waals surface area contributed by atoms with Gasteiger partial charge in [0.25, 0.3) is 0 Å². The van der Waals surface area contributed by atoms with Crippen molar-refractivity contribution in [3.05, 3.63) is 30.0 Å². The molecule has 2 aromatic rings. The van der Waals surface area contributed by atoms with Gasteiger partial charge in [-0.25, -0.2) is 9.59 Å². The minimum atomic E-state index is -1.13. The van der Waals surface area contributed by atoms with Crippen LogP contribution in [0.1, 0.15) is 31.3 Å². The van der Waals surface area contributed by atoms with Crippen LogP contribution in [0.3, 0.4) is 0 Å². The Morgan fingerprint density at radius 3 is 2.46 bits per heavy atom. The van der Waals surface area contributed by atoms with Crippen molar-refractivity contribution in [1.82, 2.24) is 9.78 Å². The number of nitrogens with zero attached hydrogens (tertiary/aromatic N) is 2. The van der Waals surface area contributed by atoms with E-state index in [1.54, 1.807) is 20.8 Å². The fourth-order valence-electron chi connectivity index (χ4n) is 2.07. The maximum Gasteiger partial charge on any atom is 0.412 e. The number of carboxylic acid groups (broad SMARTS) is 1. The number of aryl methyl sites for hydroxylation is 1. The average Bonchev–Trinajstić information content (AvgIpc) is 2.80. The molecule has 8 heteroatoms. The summed E-state index contributed by atoms with van der Waals surface area (Å²) in [6.45, 7) is 5.21. The Morgan fingerprint density at radius 1 is 1.25 bits per heavy atom. The quantitative estimate of drug-likeness (QED) is 0.744. The van der Waals surface area contributed by atoms with E-state index in [-0.39, 0.29) is 11.4 Å². The number of phenolic OH excluding ortho intramolecular Hbond substituents is 1. The van der Waals surface area contributed by atoms with E-state index in [0.29, 0.717) is 16.9 Å². The molecule has 0 saturated heterocycles. The van der Waals surface area contributed by atoms with Crippen LogP contribution in [0, 0.1) is 0 Å². The first-order valence-corrected chi connectivity index (χ1v) is 7.17. The summed E-state index contributed by atoms with van der Waals surface area (Å²) in [5.41, 5.74) is 0.345. The first-order chi connectivity index (χ1) is 11.1. The van der Waals surface area contributed by atoms with Gasteiger partial charge in [0.15, 0.2) is 0 Å². The van der Waals surface area contributed by atoms with E-state index in [0.717, 1.165) is 0 Å². The standard InChI is InChI=1S/C16H19N3O5/c1-16(2,3)24-15(23)17-11-6-5-9(20)7-10(11)12-8-13(14(21)22)19(4)18-12/h5-8,20H,1-4H3,(H,17,23)(H,21,22). The second-order valence-electron chi connectivity index (χ2n) is 6.20. The van der Waals surface area contributed by atoms with Gasteiger partial charge in [0, 0.05) is 12.6 Å². The summed E-state index contributed by atoms with van der Waals surface area (Å²) in [6, 6.07) is 5.64. The van der Waals surface area contributed by atoms with Crippen molar-refractivity contribution < 1.29 is 24.5 Å². The number of anilines is 1. The van der Waals surface area contributed by atoms with Crippen LogP contribution in [0.15, 0.2) is 24.3 Å². The fraction of sp³-hybridized carbons (Fsp3) is 0.312. The number of aromatic carboxylic acids is 1. The number of carbonyl (C=O) groups excluding carboxylic acids is 1. The van der Waals surface area contributed by atoms with Crippen LogP contribution in [0.2, 0.25) is 0 Å². The fourth-order valence-corrected chi connectivity index (χ4v) is 2.07. The van der Waals surface area contributed by atoms with E-state index < -0.39 is 17.7 Å². The van der Waals surface area contributed by atoms with Crippen LogP contribution in [-0.2, 0) is 11.8 Å². The molecule has 2 rings (SSSR count). The van der Waals surface area contributed by atoms with Gasteiger partial charge >= 0.3 is 12.1 Å². The Kier molecular flexibility index (Phi) is 4.50. The molecular weight excluding hydrogens is 314 g/mol. The highest BCUT2D eigenvalue weighted by Gasteiger charge is 2.20. The molecule has 0 spiro atoms. The molecule has 0 unspecified atom stereocenters. The summed E-state index contributed by atoms with van der Waals surface area (Å²) in [7, 11) is 1.50. The van der Waals surface area contributed by atoms with Crippen LogP contribution >= 0.6 is 0 Å². The van der Waals surface area contributed by atoms with Crippen molar-refractivity contribution in [2.75, 3.05) is 5.32 Å². The van der Waals surface area contributed by atoms with Crippen LogP contribution < -0.4 is 5.32 Å². The van der Waals surface area contributed by atoms with E-state index in [1.807, 2.05) is 0 Å². The number of aromatic nitrogens is 2. The lowest BCUT2D eigenvalue weighted by Crippen LogP contribution is -2.27. The largest absolute Gasteiger partial charge is 0.508 e.